The summed E-state index contributed by atoms with van der Waals surface area (Å²) < 4.78 is 6.18. The molecule has 2 rings (SSSR count). The molecule has 2 nitrogen and oxygen atoms in total. The van der Waals surface area contributed by atoms with Gasteiger partial charge in [0.25, 0.3) is 0 Å². The first-order valence-corrected chi connectivity index (χ1v) is 8.14. The molecular formula is C16H16BrCl2NO. The molecule has 0 saturated carbocycles. The third-order valence-electron chi connectivity index (χ3n) is 3.21. The van der Waals surface area contributed by atoms with Gasteiger partial charge in [-0.05, 0) is 51.8 Å². The lowest BCUT2D eigenvalue weighted by molar-refractivity contribution is 0.414. The molecule has 2 aromatic carbocycles. The number of halogens is 3. The summed E-state index contributed by atoms with van der Waals surface area (Å²) in [6, 6.07) is 11.7. The van der Waals surface area contributed by atoms with Gasteiger partial charge >= 0.3 is 0 Å². The van der Waals surface area contributed by atoms with Gasteiger partial charge < -0.3 is 10.1 Å². The van der Waals surface area contributed by atoms with Gasteiger partial charge in [0, 0.05) is 4.47 Å². The fraction of sp³-hybridized carbons (Fsp3) is 0.250. The average Bonchev–Trinajstić information content (AvgIpc) is 2.49. The van der Waals surface area contributed by atoms with Crippen LogP contribution in [0.4, 0.5) is 0 Å². The van der Waals surface area contributed by atoms with Gasteiger partial charge in [-0.2, -0.15) is 0 Å². The molecule has 0 amide bonds. The molecule has 21 heavy (non-hydrogen) atoms. The molecule has 0 aromatic heterocycles. The second kappa shape index (κ2) is 7.50. The van der Waals surface area contributed by atoms with Crippen LogP contribution in [0.2, 0.25) is 10.0 Å². The van der Waals surface area contributed by atoms with E-state index in [1.165, 1.54) is 0 Å². The lowest BCUT2D eigenvalue weighted by Gasteiger charge is -2.21. The van der Waals surface area contributed by atoms with Crippen molar-refractivity contribution in [3.05, 3.63) is 62.0 Å². The molecule has 112 valence electrons. The molecule has 1 unspecified atom stereocenters. The fourth-order valence-electron chi connectivity index (χ4n) is 2.21. The van der Waals surface area contributed by atoms with E-state index in [1.54, 1.807) is 7.11 Å². The number of ether oxygens (including phenoxy) is 1. The lowest BCUT2D eigenvalue weighted by Crippen LogP contribution is -2.22. The van der Waals surface area contributed by atoms with E-state index in [2.05, 4.69) is 28.2 Å². The van der Waals surface area contributed by atoms with Crippen molar-refractivity contribution in [3.63, 3.8) is 0 Å². The molecule has 0 bridgehead atoms. The van der Waals surface area contributed by atoms with E-state index < -0.39 is 0 Å². The number of methoxy groups -OCH3 is 1. The van der Waals surface area contributed by atoms with Crippen LogP contribution in [0.25, 0.3) is 0 Å². The van der Waals surface area contributed by atoms with Gasteiger partial charge in [0.15, 0.2) is 0 Å². The van der Waals surface area contributed by atoms with Gasteiger partial charge in [0.2, 0.25) is 0 Å². The molecule has 1 atom stereocenters. The van der Waals surface area contributed by atoms with Crippen LogP contribution < -0.4 is 10.1 Å². The Hall–Kier alpha value is -0.740. The molecule has 0 spiro atoms. The maximum atomic E-state index is 6.43. The highest BCUT2D eigenvalue weighted by Crippen LogP contribution is 2.35. The first-order chi connectivity index (χ1) is 10.1. The fourth-order valence-corrected chi connectivity index (χ4v) is 3.02. The van der Waals surface area contributed by atoms with Gasteiger partial charge in [-0.3, -0.25) is 0 Å². The molecule has 1 N–H and O–H groups in total. The van der Waals surface area contributed by atoms with Crippen molar-refractivity contribution >= 4 is 39.1 Å². The van der Waals surface area contributed by atoms with Gasteiger partial charge in [-0.1, -0.05) is 48.3 Å². The van der Waals surface area contributed by atoms with Crippen molar-refractivity contribution in [2.24, 2.45) is 0 Å². The third-order valence-corrected chi connectivity index (χ3v) is 4.83. The van der Waals surface area contributed by atoms with Gasteiger partial charge in [0.05, 0.1) is 23.2 Å². The zero-order chi connectivity index (χ0) is 15.4. The molecule has 0 radical (unpaired) electrons. The Bertz CT molecular complexity index is 634. The SMILES string of the molecule is CCNC(c1ccc(Cl)c(OC)c1)c1cccc(Br)c1Cl. The summed E-state index contributed by atoms with van der Waals surface area (Å²) in [7, 11) is 1.61. The number of rotatable bonds is 5. The highest BCUT2D eigenvalue weighted by molar-refractivity contribution is 9.10. The van der Waals surface area contributed by atoms with Crippen molar-refractivity contribution in [2.45, 2.75) is 13.0 Å². The van der Waals surface area contributed by atoms with Crippen LogP contribution in [-0.4, -0.2) is 13.7 Å². The van der Waals surface area contributed by atoms with Crippen molar-refractivity contribution in [1.82, 2.24) is 5.32 Å². The van der Waals surface area contributed by atoms with Crippen molar-refractivity contribution in [1.29, 1.82) is 0 Å². The minimum Gasteiger partial charge on any atom is -0.495 e. The summed E-state index contributed by atoms with van der Waals surface area (Å²) in [4.78, 5) is 0. The minimum absolute atomic E-state index is 0.0221. The van der Waals surface area contributed by atoms with Crippen LogP contribution in [0.1, 0.15) is 24.1 Å². The predicted molar refractivity (Wildman–Crippen MR) is 92.7 cm³/mol. The smallest absolute Gasteiger partial charge is 0.137 e. The first-order valence-electron chi connectivity index (χ1n) is 6.59. The van der Waals surface area contributed by atoms with Crippen molar-refractivity contribution in [3.8, 4) is 5.75 Å². The quantitative estimate of drug-likeness (QED) is 0.733. The monoisotopic (exact) mass is 387 g/mol. The third kappa shape index (κ3) is 3.72. The first kappa shape index (κ1) is 16.6. The molecule has 2 aromatic rings. The second-order valence-electron chi connectivity index (χ2n) is 4.53. The topological polar surface area (TPSA) is 21.3 Å². The molecule has 0 saturated heterocycles. The summed E-state index contributed by atoms with van der Waals surface area (Å²) in [5, 5.41) is 4.75. The van der Waals surface area contributed by atoms with E-state index >= 15 is 0 Å². The van der Waals surface area contributed by atoms with Crippen LogP contribution in [0.3, 0.4) is 0 Å². The van der Waals surface area contributed by atoms with Gasteiger partial charge in [-0.25, -0.2) is 0 Å². The maximum Gasteiger partial charge on any atom is 0.137 e. The normalized spacial score (nSPS) is 12.2. The molecule has 0 fully saturated rings. The van der Waals surface area contributed by atoms with E-state index in [4.69, 9.17) is 27.9 Å². The van der Waals surface area contributed by atoms with E-state index in [0.29, 0.717) is 15.8 Å². The van der Waals surface area contributed by atoms with Crippen LogP contribution in [0, 0.1) is 0 Å². The highest BCUT2D eigenvalue weighted by Gasteiger charge is 2.18. The van der Waals surface area contributed by atoms with E-state index in [0.717, 1.165) is 22.1 Å². The standard InChI is InChI=1S/C16H16BrCl2NO/c1-3-20-16(11-5-4-6-12(17)15(11)19)10-7-8-13(18)14(9-10)21-2/h4-9,16,20H,3H2,1-2H3. The largest absolute Gasteiger partial charge is 0.495 e. The van der Waals surface area contributed by atoms with Crippen LogP contribution in [-0.2, 0) is 0 Å². The van der Waals surface area contributed by atoms with E-state index in [9.17, 15) is 0 Å². The summed E-state index contributed by atoms with van der Waals surface area (Å²) in [5.74, 6) is 0.656. The van der Waals surface area contributed by atoms with E-state index in [1.807, 2.05) is 36.4 Å². The molecule has 0 heterocycles. The van der Waals surface area contributed by atoms with Crippen molar-refractivity contribution in [2.75, 3.05) is 13.7 Å². The van der Waals surface area contributed by atoms with Crippen LogP contribution in [0.5, 0.6) is 5.75 Å². The Morgan fingerprint density at radius 1 is 1.24 bits per heavy atom. The Kier molecular flexibility index (Phi) is 5.94. The number of benzene rings is 2. The zero-order valence-corrected chi connectivity index (χ0v) is 14.9. The average molecular weight is 389 g/mol. The maximum absolute atomic E-state index is 6.43. The van der Waals surface area contributed by atoms with E-state index in [-0.39, 0.29) is 6.04 Å². The highest BCUT2D eigenvalue weighted by atomic mass is 79.9. The summed E-state index contributed by atoms with van der Waals surface area (Å²) >= 11 is 16.0. The molecule has 0 aliphatic rings. The lowest BCUT2D eigenvalue weighted by atomic mass is 9.98. The Morgan fingerprint density at radius 2 is 2.00 bits per heavy atom. The predicted octanol–water partition coefficient (Wildman–Crippen LogP) is 5.46. The summed E-state index contributed by atoms with van der Waals surface area (Å²) in [6.45, 7) is 2.88. The number of hydrogen-bond acceptors (Lipinski definition) is 2. The zero-order valence-electron chi connectivity index (χ0n) is 11.8. The summed E-state index contributed by atoms with van der Waals surface area (Å²) in [6.07, 6.45) is 0. The Labute approximate surface area is 143 Å². The molecule has 0 aliphatic carbocycles. The van der Waals surface area contributed by atoms with Crippen molar-refractivity contribution < 1.29 is 4.74 Å². The van der Waals surface area contributed by atoms with Crippen LogP contribution >= 0.6 is 39.1 Å². The van der Waals surface area contributed by atoms with Gasteiger partial charge in [0.1, 0.15) is 5.75 Å². The second-order valence-corrected chi connectivity index (χ2v) is 6.17. The minimum atomic E-state index is -0.0221. The Balaban J connectivity index is 2.50. The molecular weight excluding hydrogens is 373 g/mol. The van der Waals surface area contributed by atoms with Gasteiger partial charge in [-0.15, -0.1) is 0 Å². The molecule has 0 aliphatic heterocycles. The number of hydrogen-bond donors (Lipinski definition) is 1. The molecule has 5 heteroatoms. The Morgan fingerprint density at radius 3 is 2.67 bits per heavy atom. The number of nitrogens with one attached hydrogen (secondary N) is 1. The van der Waals surface area contributed by atoms with Crippen LogP contribution in [0.15, 0.2) is 40.9 Å². The summed E-state index contributed by atoms with van der Waals surface area (Å²) in [5.41, 5.74) is 2.07.